The lowest BCUT2D eigenvalue weighted by Crippen LogP contribution is -2.38. The summed E-state index contributed by atoms with van der Waals surface area (Å²) in [5, 5.41) is 7.21. The molecule has 1 aliphatic rings. The number of rotatable bonds is 8. The molecule has 0 radical (unpaired) electrons. The van der Waals surface area contributed by atoms with Gasteiger partial charge in [-0.15, -0.1) is 0 Å². The van der Waals surface area contributed by atoms with Crippen LogP contribution in [0.25, 0.3) is 0 Å². The lowest BCUT2D eigenvalue weighted by atomic mass is 10.2. The molecule has 1 aliphatic heterocycles. The summed E-state index contributed by atoms with van der Waals surface area (Å²) in [5.74, 6) is 1.86. The smallest absolute Gasteiger partial charge is 0.366 e. The normalized spacial score (nSPS) is 15.8. The van der Waals surface area contributed by atoms with E-state index in [2.05, 4.69) is 15.4 Å². The minimum absolute atomic E-state index is 0.0157. The molecule has 1 aromatic heterocycles. The maximum Gasteiger partial charge on any atom is 0.366 e. The zero-order valence-corrected chi connectivity index (χ0v) is 14.2. The molecule has 8 nitrogen and oxygen atoms in total. The topological polar surface area (TPSA) is 87.5 Å². The van der Waals surface area contributed by atoms with Gasteiger partial charge in [0.05, 0.1) is 6.61 Å². The lowest BCUT2D eigenvalue weighted by Gasteiger charge is -2.26. The number of aryl methyl sites for hydroxylation is 1. The first kappa shape index (κ1) is 17.2. The van der Waals surface area contributed by atoms with Crippen LogP contribution in [-0.2, 0) is 7.05 Å². The summed E-state index contributed by atoms with van der Waals surface area (Å²) >= 11 is 0. The summed E-state index contributed by atoms with van der Waals surface area (Å²) in [5.41, 5.74) is -0.421. The van der Waals surface area contributed by atoms with Gasteiger partial charge in [0.25, 0.3) is 0 Å². The fourth-order valence-electron chi connectivity index (χ4n) is 2.41. The van der Waals surface area contributed by atoms with Crippen LogP contribution >= 0.6 is 0 Å². The molecule has 1 atom stereocenters. The van der Waals surface area contributed by atoms with E-state index in [1.165, 1.54) is 6.20 Å². The van der Waals surface area contributed by atoms with Crippen molar-refractivity contribution in [2.45, 2.75) is 18.9 Å². The van der Waals surface area contributed by atoms with Crippen molar-refractivity contribution >= 4 is 0 Å². The van der Waals surface area contributed by atoms with Gasteiger partial charge in [0.15, 0.2) is 11.5 Å². The average Bonchev–Trinajstić information content (AvgIpc) is 2.63. The van der Waals surface area contributed by atoms with Gasteiger partial charge in [-0.2, -0.15) is 10.1 Å². The Bertz CT molecular complexity index is 749. The monoisotopic (exact) mass is 346 g/mol. The van der Waals surface area contributed by atoms with E-state index in [4.69, 9.17) is 14.2 Å². The van der Waals surface area contributed by atoms with Crippen LogP contribution in [0, 0.1) is 0 Å². The van der Waals surface area contributed by atoms with Crippen LogP contribution in [0.15, 0.2) is 35.3 Å². The summed E-state index contributed by atoms with van der Waals surface area (Å²) < 4.78 is 18.1. The van der Waals surface area contributed by atoms with E-state index >= 15 is 0 Å². The van der Waals surface area contributed by atoms with Crippen LogP contribution in [0.5, 0.6) is 17.4 Å². The molecular formula is C17H22N4O4. The predicted molar refractivity (Wildman–Crippen MR) is 91.2 cm³/mol. The fraction of sp³-hybridized carbons (Fsp3) is 0.471. The number of nitrogens with one attached hydrogen (secondary N) is 1. The number of hydrogen-bond acceptors (Lipinski definition) is 7. The zero-order chi connectivity index (χ0) is 17.5. The number of para-hydroxylation sites is 2. The van der Waals surface area contributed by atoms with Gasteiger partial charge in [-0.25, -0.2) is 9.48 Å². The van der Waals surface area contributed by atoms with Crippen LogP contribution in [0.3, 0.4) is 0 Å². The average molecular weight is 346 g/mol. The molecular weight excluding hydrogens is 324 g/mol. The zero-order valence-electron chi connectivity index (χ0n) is 14.2. The van der Waals surface area contributed by atoms with Crippen molar-refractivity contribution in [2.75, 3.05) is 26.3 Å². The van der Waals surface area contributed by atoms with E-state index in [1.54, 1.807) is 7.05 Å². The van der Waals surface area contributed by atoms with Gasteiger partial charge in [0.2, 0.25) is 5.88 Å². The van der Waals surface area contributed by atoms with Crippen molar-refractivity contribution in [1.29, 1.82) is 0 Å². The molecule has 0 unspecified atom stereocenters. The van der Waals surface area contributed by atoms with Crippen LogP contribution in [0.4, 0.5) is 0 Å². The largest absolute Gasteiger partial charge is 0.486 e. The van der Waals surface area contributed by atoms with E-state index in [9.17, 15) is 4.79 Å². The minimum Gasteiger partial charge on any atom is -0.486 e. The molecule has 2 heterocycles. The molecule has 0 fully saturated rings. The molecule has 3 rings (SSSR count). The molecule has 2 aromatic rings. The van der Waals surface area contributed by atoms with Crippen molar-refractivity contribution in [1.82, 2.24) is 20.1 Å². The number of fused-ring (bicyclic) bond motifs is 1. The van der Waals surface area contributed by atoms with Crippen molar-refractivity contribution in [3.63, 3.8) is 0 Å². The fourth-order valence-corrected chi connectivity index (χ4v) is 2.41. The second kappa shape index (κ2) is 8.48. The van der Waals surface area contributed by atoms with Crippen LogP contribution in [0.1, 0.15) is 12.8 Å². The molecule has 0 saturated heterocycles. The summed E-state index contributed by atoms with van der Waals surface area (Å²) in [6, 6.07) is 7.69. The van der Waals surface area contributed by atoms with E-state index in [1.807, 2.05) is 24.3 Å². The summed E-state index contributed by atoms with van der Waals surface area (Å²) in [7, 11) is 1.55. The summed E-state index contributed by atoms with van der Waals surface area (Å²) in [4.78, 5) is 15.1. The number of unbranched alkanes of at least 4 members (excludes halogenated alkanes) is 1. The van der Waals surface area contributed by atoms with E-state index < -0.39 is 5.69 Å². The van der Waals surface area contributed by atoms with Crippen molar-refractivity contribution in [3.8, 4) is 17.4 Å². The van der Waals surface area contributed by atoms with Gasteiger partial charge in [-0.1, -0.05) is 12.1 Å². The Labute approximate surface area is 145 Å². The molecule has 1 N–H and O–H groups in total. The van der Waals surface area contributed by atoms with Crippen molar-refractivity contribution in [3.05, 3.63) is 40.9 Å². The summed E-state index contributed by atoms with van der Waals surface area (Å²) in [6.07, 6.45) is 3.26. The highest BCUT2D eigenvalue weighted by atomic mass is 16.6. The van der Waals surface area contributed by atoms with E-state index in [0.717, 1.165) is 42.1 Å². The molecule has 134 valence electrons. The maximum atomic E-state index is 11.3. The van der Waals surface area contributed by atoms with Crippen molar-refractivity contribution in [2.24, 2.45) is 7.05 Å². The molecule has 8 heteroatoms. The molecule has 0 bridgehead atoms. The molecule has 0 saturated carbocycles. The first-order valence-electron chi connectivity index (χ1n) is 8.35. The Kier molecular flexibility index (Phi) is 5.84. The number of hydrogen-bond donors (Lipinski definition) is 1. The first-order chi connectivity index (χ1) is 12.2. The predicted octanol–water partition coefficient (Wildman–Crippen LogP) is 0.764. The van der Waals surface area contributed by atoms with Gasteiger partial charge in [-0.3, -0.25) is 0 Å². The highest BCUT2D eigenvalue weighted by Crippen LogP contribution is 2.30. The third-order valence-electron chi connectivity index (χ3n) is 3.76. The lowest BCUT2D eigenvalue weighted by molar-refractivity contribution is 0.0904. The maximum absolute atomic E-state index is 11.3. The number of ether oxygens (including phenoxy) is 3. The molecule has 0 spiro atoms. The van der Waals surface area contributed by atoms with Crippen LogP contribution in [0.2, 0.25) is 0 Å². The Morgan fingerprint density at radius 3 is 3.00 bits per heavy atom. The Morgan fingerprint density at radius 1 is 1.32 bits per heavy atom. The van der Waals surface area contributed by atoms with Gasteiger partial charge in [0, 0.05) is 13.6 Å². The highest BCUT2D eigenvalue weighted by Gasteiger charge is 2.19. The summed E-state index contributed by atoms with van der Waals surface area (Å²) in [6.45, 7) is 2.64. The van der Waals surface area contributed by atoms with Crippen molar-refractivity contribution < 1.29 is 14.2 Å². The minimum atomic E-state index is -0.421. The first-order valence-corrected chi connectivity index (χ1v) is 8.35. The second-order valence-corrected chi connectivity index (χ2v) is 5.76. The quantitative estimate of drug-likeness (QED) is 0.706. The number of nitrogens with zero attached hydrogens (tertiary/aromatic N) is 3. The van der Waals surface area contributed by atoms with Gasteiger partial charge < -0.3 is 19.5 Å². The number of benzene rings is 1. The SMILES string of the molecule is Cn1ncc(OCCCCNC[C@@H]2COc3ccccc3O2)nc1=O. The third kappa shape index (κ3) is 4.93. The molecule has 0 aliphatic carbocycles. The highest BCUT2D eigenvalue weighted by molar-refractivity contribution is 5.40. The van der Waals surface area contributed by atoms with Gasteiger partial charge in [-0.05, 0) is 31.5 Å². The van der Waals surface area contributed by atoms with Crippen LogP contribution in [-0.4, -0.2) is 47.2 Å². The second-order valence-electron chi connectivity index (χ2n) is 5.76. The Balaban J connectivity index is 1.27. The molecule has 25 heavy (non-hydrogen) atoms. The third-order valence-corrected chi connectivity index (χ3v) is 3.76. The number of aromatic nitrogens is 3. The Hall–Kier alpha value is -2.61. The van der Waals surface area contributed by atoms with E-state index in [0.29, 0.717) is 13.2 Å². The standard InChI is InChI=1S/C17H22N4O4/c1-21-17(22)20-16(11-19-21)23-9-5-4-8-18-10-13-12-24-14-6-2-3-7-15(14)25-13/h2-3,6-7,11,13,18H,4-5,8-10,12H2,1H3/t13-/m1/s1. The van der Waals surface area contributed by atoms with E-state index in [-0.39, 0.29) is 12.0 Å². The molecule has 1 aromatic carbocycles. The Morgan fingerprint density at radius 2 is 2.16 bits per heavy atom. The van der Waals surface area contributed by atoms with Gasteiger partial charge in [0.1, 0.15) is 18.9 Å². The van der Waals surface area contributed by atoms with Crippen LogP contribution < -0.4 is 25.2 Å². The molecule has 0 amide bonds. The van der Waals surface area contributed by atoms with Gasteiger partial charge >= 0.3 is 5.69 Å².